The van der Waals surface area contributed by atoms with E-state index in [2.05, 4.69) is 5.32 Å². The zero-order chi connectivity index (χ0) is 15.5. The van der Waals surface area contributed by atoms with Crippen molar-refractivity contribution in [2.45, 2.75) is 32.7 Å². The number of benzene rings is 1. The van der Waals surface area contributed by atoms with Crippen molar-refractivity contribution in [1.29, 1.82) is 0 Å². The average molecular weight is 311 g/mol. The number of nitrogens with one attached hydrogen (secondary N) is 1. The van der Waals surface area contributed by atoms with E-state index in [0.717, 1.165) is 16.9 Å². The van der Waals surface area contributed by atoms with E-state index in [9.17, 15) is 13.2 Å². The molecule has 2 rings (SSSR count). The molecule has 1 N–H and O–H groups in total. The molecule has 1 aliphatic heterocycles. The monoisotopic (exact) mass is 311 g/mol. The van der Waals surface area contributed by atoms with Gasteiger partial charge in [-0.1, -0.05) is 18.2 Å². The van der Waals surface area contributed by atoms with Gasteiger partial charge in [0.1, 0.15) is 5.75 Å². The van der Waals surface area contributed by atoms with Crippen LogP contribution < -0.4 is 10.1 Å². The van der Waals surface area contributed by atoms with Crippen LogP contribution in [-0.2, 0) is 14.6 Å². The molecule has 21 heavy (non-hydrogen) atoms. The number of rotatable bonds is 5. The molecule has 6 heteroatoms. The van der Waals surface area contributed by atoms with Gasteiger partial charge in [0.25, 0.3) is 0 Å². The van der Waals surface area contributed by atoms with E-state index in [-0.39, 0.29) is 36.5 Å². The molecular formula is C15H21NO4S. The molecule has 5 nitrogen and oxygen atoms in total. The predicted octanol–water partition coefficient (Wildman–Crippen LogP) is 1.38. The number of hydrogen-bond acceptors (Lipinski definition) is 4. The molecule has 0 unspecified atom stereocenters. The lowest BCUT2D eigenvalue weighted by molar-refractivity contribution is -0.122. The summed E-state index contributed by atoms with van der Waals surface area (Å²) in [6.45, 7) is 4.22. The standard InChI is InChI=1S/C15H21NO4S/c1-11-4-3-5-12(2)15(11)20-8-6-14(17)16-13-7-9-21(18,19)10-13/h3-5,13H,6-10H2,1-2H3,(H,16,17)/t13-/m1/s1. The molecule has 0 spiro atoms. The van der Waals surface area contributed by atoms with Gasteiger partial charge in [0, 0.05) is 6.04 Å². The smallest absolute Gasteiger partial charge is 0.223 e. The summed E-state index contributed by atoms with van der Waals surface area (Å²) in [5.41, 5.74) is 2.08. The van der Waals surface area contributed by atoms with Crippen molar-refractivity contribution >= 4 is 15.7 Å². The summed E-state index contributed by atoms with van der Waals surface area (Å²) in [6, 6.07) is 5.64. The largest absolute Gasteiger partial charge is 0.493 e. The minimum absolute atomic E-state index is 0.0521. The Kier molecular flexibility index (Phi) is 4.88. The van der Waals surface area contributed by atoms with Crippen LogP contribution in [0.25, 0.3) is 0 Å². The Labute approximate surface area is 125 Å². The number of sulfone groups is 1. The average Bonchev–Trinajstić information content (AvgIpc) is 2.72. The number of hydrogen-bond donors (Lipinski definition) is 1. The fourth-order valence-electron chi connectivity index (χ4n) is 2.48. The Balaban J connectivity index is 1.77. The Hall–Kier alpha value is -1.56. The molecule has 0 aromatic heterocycles. The van der Waals surface area contributed by atoms with Crippen molar-refractivity contribution in [3.63, 3.8) is 0 Å². The number of para-hydroxylation sites is 1. The second-order valence-electron chi connectivity index (χ2n) is 5.49. The van der Waals surface area contributed by atoms with Gasteiger partial charge in [0.15, 0.2) is 9.84 Å². The minimum atomic E-state index is -2.96. The summed E-state index contributed by atoms with van der Waals surface area (Å²) < 4.78 is 28.3. The molecule has 0 radical (unpaired) electrons. The normalized spacial score (nSPS) is 20.2. The summed E-state index contributed by atoms with van der Waals surface area (Å²) in [7, 11) is -2.96. The Bertz CT molecular complexity index is 604. The van der Waals surface area contributed by atoms with Gasteiger partial charge in [0.2, 0.25) is 5.91 Å². The maximum absolute atomic E-state index is 11.8. The molecule has 1 aliphatic rings. The molecule has 116 valence electrons. The van der Waals surface area contributed by atoms with Gasteiger partial charge in [-0.15, -0.1) is 0 Å². The lowest BCUT2D eigenvalue weighted by Crippen LogP contribution is -2.36. The van der Waals surface area contributed by atoms with Gasteiger partial charge >= 0.3 is 0 Å². The molecule has 0 bridgehead atoms. The van der Waals surface area contributed by atoms with Gasteiger partial charge in [-0.2, -0.15) is 0 Å². The molecule has 0 saturated carbocycles. The van der Waals surface area contributed by atoms with Gasteiger partial charge in [-0.3, -0.25) is 4.79 Å². The molecule has 1 fully saturated rings. The Morgan fingerprint density at radius 1 is 1.33 bits per heavy atom. The fourth-order valence-corrected chi connectivity index (χ4v) is 4.15. The number of carbonyl (C=O) groups is 1. The lowest BCUT2D eigenvalue weighted by atomic mass is 10.1. The summed E-state index contributed by atoms with van der Waals surface area (Å²) in [6.07, 6.45) is 0.732. The van der Waals surface area contributed by atoms with Crippen LogP contribution >= 0.6 is 0 Å². The summed E-state index contributed by atoms with van der Waals surface area (Å²) >= 11 is 0. The van der Waals surface area contributed by atoms with Crippen molar-refractivity contribution in [2.75, 3.05) is 18.1 Å². The summed E-state index contributed by atoms with van der Waals surface area (Å²) in [5.74, 6) is 0.866. The van der Waals surface area contributed by atoms with Crippen LogP contribution in [0.4, 0.5) is 0 Å². The highest BCUT2D eigenvalue weighted by molar-refractivity contribution is 7.91. The molecule has 1 saturated heterocycles. The highest BCUT2D eigenvalue weighted by Crippen LogP contribution is 2.22. The van der Waals surface area contributed by atoms with Crippen LogP contribution in [0.3, 0.4) is 0 Å². The number of ether oxygens (including phenoxy) is 1. The third-order valence-electron chi connectivity index (χ3n) is 3.58. The molecule has 0 aliphatic carbocycles. The molecule has 1 heterocycles. The van der Waals surface area contributed by atoms with Crippen LogP contribution in [-0.4, -0.2) is 38.5 Å². The van der Waals surface area contributed by atoms with Crippen LogP contribution in [0.15, 0.2) is 18.2 Å². The predicted molar refractivity (Wildman–Crippen MR) is 81.2 cm³/mol. The van der Waals surface area contributed by atoms with Crippen molar-refractivity contribution < 1.29 is 17.9 Å². The maximum Gasteiger partial charge on any atom is 0.223 e. The minimum Gasteiger partial charge on any atom is -0.493 e. The number of carbonyl (C=O) groups excluding carboxylic acids is 1. The Morgan fingerprint density at radius 2 is 2.00 bits per heavy atom. The summed E-state index contributed by atoms with van der Waals surface area (Å²) in [5, 5.41) is 2.75. The molecule has 1 aromatic rings. The van der Waals surface area contributed by atoms with Gasteiger partial charge < -0.3 is 10.1 Å². The quantitative estimate of drug-likeness (QED) is 0.891. The van der Waals surface area contributed by atoms with E-state index in [0.29, 0.717) is 6.42 Å². The molecule has 1 amide bonds. The highest BCUT2D eigenvalue weighted by atomic mass is 32.2. The first-order chi connectivity index (χ1) is 9.87. The van der Waals surface area contributed by atoms with Crippen LogP contribution in [0.2, 0.25) is 0 Å². The topological polar surface area (TPSA) is 72.5 Å². The first kappa shape index (κ1) is 15.8. The maximum atomic E-state index is 11.8. The highest BCUT2D eigenvalue weighted by Gasteiger charge is 2.28. The van der Waals surface area contributed by atoms with Crippen molar-refractivity contribution in [3.05, 3.63) is 29.3 Å². The third-order valence-corrected chi connectivity index (χ3v) is 5.35. The SMILES string of the molecule is Cc1cccc(C)c1OCCC(=O)N[C@@H]1CCS(=O)(=O)C1. The third kappa shape index (κ3) is 4.46. The van der Waals surface area contributed by atoms with Crippen molar-refractivity contribution in [2.24, 2.45) is 0 Å². The zero-order valence-electron chi connectivity index (χ0n) is 12.4. The molecule has 1 atom stereocenters. The van der Waals surface area contributed by atoms with E-state index in [1.807, 2.05) is 32.0 Å². The van der Waals surface area contributed by atoms with Crippen LogP contribution in [0.5, 0.6) is 5.75 Å². The second kappa shape index (κ2) is 6.47. The van der Waals surface area contributed by atoms with Gasteiger partial charge in [-0.25, -0.2) is 8.42 Å². The molecular weight excluding hydrogens is 290 g/mol. The zero-order valence-corrected chi connectivity index (χ0v) is 13.2. The van der Waals surface area contributed by atoms with Crippen molar-refractivity contribution in [3.8, 4) is 5.75 Å². The van der Waals surface area contributed by atoms with Crippen molar-refractivity contribution in [1.82, 2.24) is 5.32 Å². The second-order valence-corrected chi connectivity index (χ2v) is 7.72. The van der Waals surface area contributed by atoms with E-state index in [1.54, 1.807) is 0 Å². The number of amides is 1. The van der Waals surface area contributed by atoms with E-state index in [1.165, 1.54) is 0 Å². The van der Waals surface area contributed by atoms with E-state index < -0.39 is 9.84 Å². The van der Waals surface area contributed by atoms with Crippen LogP contribution in [0.1, 0.15) is 24.0 Å². The number of aryl methyl sites for hydroxylation is 2. The van der Waals surface area contributed by atoms with E-state index >= 15 is 0 Å². The molecule has 1 aromatic carbocycles. The van der Waals surface area contributed by atoms with Crippen LogP contribution in [0, 0.1) is 13.8 Å². The van der Waals surface area contributed by atoms with Gasteiger partial charge in [0.05, 0.1) is 24.5 Å². The summed E-state index contributed by atoms with van der Waals surface area (Å²) in [4.78, 5) is 11.8. The Morgan fingerprint density at radius 3 is 2.57 bits per heavy atom. The lowest BCUT2D eigenvalue weighted by Gasteiger charge is -2.13. The first-order valence-electron chi connectivity index (χ1n) is 7.06. The fraction of sp³-hybridized carbons (Fsp3) is 0.533. The van der Waals surface area contributed by atoms with E-state index in [4.69, 9.17) is 4.74 Å². The first-order valence-corrected chi connectivity index (χ1v) is 8.88. The van der Waals surface area contributed by atoms with Gasteiger partial charge in [-0.05, 0) is 31.4 Å².